The summed E-state index contributed by atoms with van der Waals surface area (Å²) in [6, 6.07) is 2.41. The molecule has 0 spiro atoms. The number of benzene rings is 1. The predicted octanol–water partition coefficient (Wildman–Crippen LogP) is 2.01. The van der Waals surface area contributed by atoms with Crippen LogP contribution in [0.5, 0.6) is 11.5 Å². The van der Waals surface area contributed by atoms with E-state index in [4.69, 9.17) is 0 Å². The molecule has 0 bridgehead atoms. The Labute approximate surface area is 96.1 Å². The first-order valence-electron chi connectivity index (χ1n) is 5.84. The summed E-state index contributed by atoms with van der Waals surface area (Å²) < 4.78 is 0. The quantitative estimate of drug-likeness (QED) is 0.670. The number of phenols is 2. The lowest BCUT2D eigenvalue weighted by Crippen LogP contribution is -2.23. The van der Waals surface area contributed by atoms with Crippen LogP contribution in [0.2, 0.25) is 0 Å². The van der Waals surface area contributed by atoms with Gasteiger partial charge >= 0.3 is 0 Å². The Bertz CT molecular complexity index is 395. The van der Waals surface area contributed by atoms with Gasteiger partial charge in [0.1, 0.15) is 0 Å². The maximum Gasteiger partial charge on any atom is 0.161 e. The van der Waals surface area contributed by atoms with Gasteiger partial charge in [-0.2, -0.15) is 0 Å². The molecule has 1 aliphatic rings. The van der Waals surface area contributed by atoms with Crippen molar-refractivity contribution in [1.82, 2.24) is 5.32 Å². The van der Waals surface area contributed by atoms with E-state index in [9.17, 15) is 10.2 Å². The fraction of sp³-hybridized carbons (Fsp3) is 0.538. The average Bonchev–Trinajstić information content (AvgIpc) is 2.76. The molecule has 3 nitrogen and oxygen atoms in total. The van der Waals surface area contributed by atoms with Gasteiger partial charge in [0.25, 0.3) is 0 Å². The zero-order valence-electron chi connectivity index (χ0n) is 9.88. The second-order valence-electron chi connectivity index (χ2n) is 4.67. The molecular weight excluding hydrogens is 202 g/mol. The minimum absolute atomic E-state index is 0.0352. The lowest BCUT2D eigenvalue weighted by atomic mass is 9.98. The Hall–Kier alpha value is -1.22. The van der Waals surface area contributed by atoms with Crippen LogP contribution in [0, 0.1) is 13.8 Å². The molecule has 16 heavy (non-hydrogen) atoms. The molecule has 0 radical (unpaired) electrons. The number of nitrogens with one attached hydrogen (secondary N) is 1. The molecule has 3 heteroatoms. The van der Waals surface area contributed by atoms with Gasteiger partial charge in [0, 0.05) is 6.04 Å². The van der Waals surface area contributed by atoms with Crippen molar-refractivity contribution in [3.63, 3.8) is 0 Å². The molecule has 1 heterocycles. The summed E-state index contributed by atoms with van der Waals surface area (Å²) in [6.07, 6.45) is 3.13. The Morgan fingerprint density at radius 1 is 1.31 bits per heavy atom. The number of aromatic hydroxyl groups is 2. The van der Waals surface area contributed by atoms with Crippen molar-refractivity contribution in [3.05, 3.63) is 22.8 Å². The molecule has 1 unspecified atom stereocenters. The van der Waals surface area contributed by atoms with Crippen molar-refractivity contribution in [2.45, 2.75) is 39.2 Å². The summed E-state index contributed by atoms with van der Waals surface area (Å²) in [5.41, 5.74) is 2.64. The fourth-order valence-electron chi connectivity index (χ4n) is 2.31. The summed E-state index contributed by atoms with van der Waals surface area (Å²) in [7, 11) is 0. The van der Waals surface area contributed by atoms with Crippen LogP contribution in [-0.4, -0.2) is 22.8 Å². The highest BCUT2D eigenvalue weighted by Gasteiger charge is 2.18. The molecule has 0 saturated carbocycles. The molecule has 3 N–H and O–H groups in total. The highest BCUT2D eigenvalue weighted by Crippen LogP contribution is 2.35. The minimum Gasteiger partial charge on any atom is -0.504 e. The van der Waals surface area contributed by atoms with Gasteiger partial charge in [-0.3, -0.25) is 0 Å². The van der Waals surface area contributed by atoms with Crippen LogP contribution in [-0.2, 0) is 6.42 Å². The first-order chi connectivity index (χ1) is 7.59. The summed E-state index contributed by atoms with van der Waals surface area (Å²) in [5, 5.41) is 23.0. The van der Waals surface area contributed by atoms with Crippen LogP contribution in [0.1, 0.15) is 29.5 Å². The third-order valence-corrected chi connectivity index (χ3v) is 3.49. The molecule has 1 atom stereocenters. The number of hydrogen-bond donors (Lipinski definition) is 3. The highest BCUT2D eigenvalue weighted by atomic mass is 16.3. The van der Waals surface area contributed by atoms with Gasteiger partial charge in [0.2, 0.25) is 0 Å². The first kappa shape index (κ1) is 11.3. The largest absolute Gasteiger partial charge is 0.504 e. The third-order valence-electron chi connectivity index (χ3n) is 3.49. The molecule has 1 aromatic carbocycles. The van der Waals surface area contributed by atoms with Crippen LogP contribution in [0.3, 0.4) is 0 Å². The molecule has 2 rings (SSSR count). The van der Waals surface area contributed by atoms with E-state index in [0.717, 1.165) is 36.1 Å². The molecule has 88 valence electrons. The van der Waals surface area contributed by atoms with Gasteiger partial charge in [0.05, 0.1) is 0 Å². The van der Waals surface area contributed by atoms with E-state index in [2.05, 4.69) is 5.32 Å². The molecule has 1 aromatic rings. The van der Waals surface area contributed by atoms with E-state index in [1.54, 1.807) is 0 Å². The molecule has 0 aromatic heterocycles. The number of aryl methyl sites for hydroxylation is 1. The molecule has 1 aliphatic heterocycles. The van der Waals surface area contributed by atoms with E-state index in [-0.39, 0.29) is 11.5 Å². The highest BCUT2D eigenvalue weighted by molar-refractivity contribution is 5.53. The van der Waals surface area contributed by atoms with Crippen molar-refractivity contribution in [2.24, 2.45) is 0 Å². The summed E-state index contributed by atoms with van der Waals surface area (Å²) in [5.74, 6) is 0.0878. The normalized spacial score (nSPS) is 20.2. The van der Waals surface area contributed by atoms with Gasteiger partial charge in [-0.1, -0.05) is 6.07 Å². The molecule has 0 amide bonds. The zero-order valence-corrected chi connectivity index (χ0v) is 9.88. The minimum atomic E-state index is 0.0352. The Morgan fingerprint density at radius 3 is 2.69 bits per heavy atom. The number of hydrogen-bond acceptors (Lipinski definition) is 3. The van der Waals surface area contributed by atoms with Crippen LogP contribution < -0.4 is 5.32 Å². The number of rotatable bonds is 2. The van der Waals surface area contributed by atoms with Crippen LogP contribution in [0.15, 0.2) is 6.07 Å². The van der Waals surface area contributed by atoms with E-state index >= 15 is 0 Å². The second-order valence-corrected chi connectivity index (χ2v) is 4.67. The third kappa shape index (κ3) is 2.00. The molecule has 0 aliphatic carbocycles. The standard InChI is InChI=1S/C13H19NO2/c1-8-6-10(7-11-4-3-5-14-11)13(16)12(15)9(8)2/h6,11,14-16H,3-5,7H2,1-2H3. The first-order valence-corrected chi connectivity index (χ1v) is 5.84. The Kier molecular flexibility index (Phi) is 3.06. The molecule has 1 saturated heterocycles. The molecular formula is C13H19NO2. The Morgan fingerprint density at radius 2 is 2.06 bits per heavy atom. The van der Waals surface area contributed by atoms with Gasteiger partial charge in [-0.15, -0.1) is 0 Å². The lowest BCUT2D eigenvalue weighted by Gasteiger charge is -2.15. The van der Waals surface area contributed by atoms with Gasteiger partial charge < -0.3 is 15.5 Å². The summed E-state index contributed by atoms with van der Waals surface area (Å²) in [6.45, 7) is 4.84. The van der Waals surface area contributed by atoms with E-state index in [1.165, 1.54) is 6.42 Å². The summed E-state index contributed by atoms with van der Waals surface area (Å²) in [4.78, 5) is 0. The van der Waals surface area contributed by atoms with E-state index in [1.807, 2.05) is 19.9 Å². The Balaban J connectivity index is 2.26. The smallest absolute Gasteiger partial charge is 0.161 e. The van der Waals surface area contributed by atoms with Gasteiger partial charge in [-0.25, -0.2) is 0 Å². The maximum absolute atomic E-state index is 9.89. The van der Waals surface area contributed by atoms with Crippen LogP contribution in [0.25, 0.3) is 0 Å². The van der Waals surface area contributed by atoms with Crippen molar-refractivity contribution in [1.29, 1.82) is 0 Å². The van der Waals surface area contributed by atoms with E-state index in [0.29, 0.717) is 6.04 Å². The predicted molar refractivity (Wildman–Crippen MR) is 64.0 cm³/mol. The lowest BCUT2D eigenvalue weighted by molar-refractivity contribution is 0.394. The van der Waals surface area contributed by atoms with Crippen molar-refractivity contribution < 1.29 is 10.2 Å². The van der Waals surface area contributed by atoms with Gasteiger partial charge in [0.15, 0.2) is 11.5 Å². The molecule has 1 fully saturated rings. The van der Waals surface area contributed by atoms with Crippen molar-refractivity contribution >= 4 is 0 Å². The fourth-order valence-corrected chi connectivity index (χ4v) is 2.31. The zero-order chi connectivity index (χ0) is 11.7. The summed E-state index contributed by atoms with van der Waals surface area (Å²) >= 11 is 0. The van der Waals surface area contributed by atoms with Crippen molar-refractivity contribution in [3.8, 4) is 11.5 Å². The maximum atomic E-state index is 9.89. The van der Waals surface area contributed by atoms with Gasteiger partial charge in [-0.05, 0) is 56.3 Å². The van der Waals surface area contributed by atoms with Crippen molar-refractivity contribution in [2.75, 3.05) is 6.54 Å². The van der Waals surface area contributed by atoms with Crippen LogP contribution >= 0.6 is 0 Å². The van der Waals surface area contributed by atoms with E-state index < -0.39 is 0 Å². The SMILES string of the molecule is Cc1cc(CC2CCCN2)c(O)c(O)c1C. The monoisotopic (exact) mass is 221 g/mol. The van der Waals surface area contributed by atoms with Crippen LogP contribution in [0.4, 0.5) is 0 Å². The number of phenolic OH excluding ortho intramolecular Hbond substituents is 2. The topological polar surface area (TPSA) is 52.5 Å². The second kappa shape index (κ2) is 4.34. The average molecular weight is 221 g/mol.